The predicted octanol–water partition coefficient (Wildman–Crippen LogP) is 3.84. The molecule has 0 aliphatic carbocycles. The van der Waals surface area contributed by atoms with Crippen LogP contribution in [0.5, 0.6) is 0 Å². The van der Waals surface area contributed by atoms with Gasteiger partial charge in [0.1, 0.15) is 6.54 Å². The lowest BCUT2D eigenvalue weighted by molar-refractivity contribution is -0.121. The fourth-order valence-corrected chi connectivity index (χ4v) is 4.45. The van der Waals surface area contributed by atoms with Crippen molar-refractivity contribution in [2.45, 2.75) is 26.3 Å². The quantitative estimate of drug-likeness (QED) is 0.537. The number of likely N-dealkylation sites (N-methyl/N-ethyl adjacent to an activating group) is 1. The summed E-state index contributed by atoms with van der Waals surface area (Å²) in [6, 6.07) is 20.8. The van der Waals surface area contributed by atoms with Crippen molar-refractivity contribution in [3.05, 3.63) is 60.7 Å². The van der Waals surface area contributed by atoms with Gasteiger partial charge in [0.15, 0.2) is 0 Å². The number of hydrogen-bond acceptors (Lipinski definition) is 3. The van der Waals surface area contributed by atoms with Crippen LogP contribution in [0.3, 0.4) is 0 Å². The normalized spacial score (nSPS) is 15.4. The van der Waals surface area contributed by atoms with Crippen LogP contribution in [0.4, 0.5) is 0 Å². The summed E-state index contributed by atoms with van der Waals surface area (Å²) in [5.41, 5.74) is 3.32. The summed E-state index contributed by atoms with van der Waals surface area (Å²) in [6.45, 7) is 10.3. The first-order chi connectivity index (χ1) is 15.2. The number of amides is 1. The van der Waals surface area contributed by atoms with Crippen LogP contribution in [-0.2, 0) is 11.3 Å². The second-order valence-electron chi connectivity index (χ2n) is 8.37. The number of hydrogen-bond donors (Lipinski definition) is 1. The molecule has 1 aromatic heterocycles. The van der Waals surface area contributed by atoms with Crippen LogP contribution in [0, 0.1) is 0 Å². The monoisotopic (exact) mass is 418 g/mol. The van der Waals surface area contributed by atoms with E-state index in [1.54, 1.807) is 0 Å². The summed E-state index contributed by atoms with van der Waals surface area (Å²) in [5.74, 6) is 0.0788. The van der Waals surface area contributed by atoms with E-state index in [1.807, 2.05) is 30.3 Å². The van der Waals surface area contributed by atoms with Crippen molar-refractivity contribution in [3.8, 4) is 11.3 Å². The zero-order valence-electron chi connectivity index (χ0n) is 18.6. The van der Waals surface area contributed by atoms with Crippen molar-refractivity contribution >= 4 is 16.8 Å². The summed E-state index contributed by atoms with van der Waals surface area (Å²) >= 11 is 0. The fraction of sp³-hybridized carbons (Fsp3) is 0.423. The average Bonchev–Trinajstić information content (AvgIpc) is 3.18. The van der Waals surface area contributed by atoms with Gasteiger partial charge in [-0.2, -0.15) is 0 Å². The van der Waals surface area contributed by atoms with E-state index in [1.165, 1.54) is 26.2 Å². The largest absolute Gasteiger partial charge is 0.355 e. The lowest BCUT2D eigenvalue weighted by Crippen LogP contribution is -2.46. The molecule has 164 valence electrons. The topological polar surface area (TPSA) is 40.5 Å². The molecule has 0 spiro atoms. The molecule has 2 aromatic carbocycles. The van der Waals surface area contributed by atoms with Gasteiger partial charge in [-0.3, -0.25) is 4.79 Å². The van der Waals surface area contributed by atoms with E-state index in [-0.39, 0.29) is 5.91 Å². The molecule has 4 rings (SSSR count). The van der Waals surface area contributed by atoms with Crippen molar-refractivity contribution < 1.29 is 4.79 Å². The summed E-state index contributed by atoms with van der Waals surface area (Å²) in [5, 5.41) is 4.30. The molecule has 1 saturated heterocycles. The van der Waals surface area contributed by atoms with Crippen molar-refractivity contribution in [1.82, 2.24) is 19.7 Å². The zero-order valence-corrected chi connectivity index (χ0v) is 18.6. The maximum absolute atomic E-state index is 12.7. The van der Waals surface area contributed by atoms with E-state index in [2.05, 4.69) is 56.9 Å². The van der Waals surface area contributed by atoms with Crippen molar-refractivity contribution in [2.75, 3.05) is 45.8 Å². The molecular weight excluding hydrogens is 384 g/mol. The lowest BCUT2D eigenvalue weighted by atomic mass is 10.1. The van der Waals surface area contributed by atoms with Crippen LogP contribution in [0.1, 0.15) is 19.8 Å². The van der Waals surface area contributed by atoms with Gasteiger partial charge in [0.25, 0.3) is 0 Å². The number of carbonyl (C=O) groups excluding carboxylic acids is 1. The number of nitrogens with zero attached hydrogens (tertiary/aromatic N) is 3. The average molecular weight is 419 g/mol. The van der Waals surface area contributed by atoms with Gasteiger partial charge < -0.3 is 19.7 Å². The summed E-state index contributed by atoms with van der Waals surface area (Å²) in [4.78, 5) is 17.8. The van der Waals surface area contributed by atoms with E-state index < -0.39 is 0 Å². The number of para-hydroxylation sites is 1. The molecule has 1 aliphatic heterocycles. The van der Waals surface area contributed by atoms with Gasteiger partial charge in [-0.05, 0) is 43.6 Å². The first-order valence-corrected chi connectivity index (χ1v) is 11.6. The lowest BCUT2D eigenvalue weighted by Gasteiger charge is -2.33. The Bertz CT molecular complexity index is 973. The van der Waals surface area contributed by atoms with Gasteiger partial charge in [0, 0.05) is 49.3 Å². The number of benzene rings is 2. The molecule has 1 fully saturated rings. The van der Waals surface area contributed by atoms with Gasteiger partial charge in [0.2, 0.25) is 5.91 Å². The third-order valence-electron chi connectivity index (χ3n) is 6.32. The van der Waals surface area contributed by atoms with Gasteiger partial charge in [-0.15, -0.1) is 0 Å². The Morgan fingerprint density at radius 1 is 0.903 bits per heavy atom. The Labute approximate surface area is 185 Å². The van der Waals surface area contributed by atoms with Crippen molar-refractivity contribution in [2.24, 2.45) is 0 Å². The fourth-order valence-electron chi connectivity index (χ4n) is 4.45. The first-order valence-electron chi connectivity index (χ1n) is 11.6. The van der Waals surface area contributed by atoms with E-state index >= 15 is 0 Å². The highest BCUT2D eigenvalue weighted by Gasteiger charge is 2.15. The Hall–Kier alpha value is -2.63. The number of piperazine rings is 1. The van der Waals surface area contributed by atoms with E-state index in [9.17, 15) is 4.79 Å². The molecular formula is C26H34N4O. The van der Waals surface area contributed by atoms with Crippen LogP contribution < -0.4 is 5.32 Å². The second-order valence-corrected chi connectivity index (χ2v) is 8.37. The van der Waals surface area contributed by atoms with Gasteiger partial charge >= 0.3 is 0 Å². The van der Waals surface area contributed by atoms with Crippen LogP contribution >= 0.6 is 0 Å². The van der Waals surface area contributed by atoms with E-state index in [4.69, 9.17) is 0 Å². The molecule has 0 bridgehead atoms. The molecule has 5 heteroatoms. The number of fused-ring (bicyclic) bond motifs is 1. The number of unbranched alkanes of at least 4 members (excludes halogenated alkanes) is 1. The first kappa shape index (κ1) is 21.6. The molecule has 1 N–H and O–H groups in total. The summed E-state index contributed by atoms with van der Waals surface area (Å²) in [6.07, 6.45) is 2.16. The van der Waals surface area contributed by atoms with Crippen LogP contribution in [-0.4, -0.2) is 66.1 Å². The van der Waals surface area contributed by atoms with Crippen molar-refractivity contribution in [1.29, 1.82) is 0 Å². The second kappa shape index (κ2) is 10.6. The highest BCUT2D eigenvalue weighted by atomic mass is 16.1. The van der Waals surface area contributed by atoms with Gasteiger partial charge in [-0.1, -0.05) is 55.5 Å². The van der Waals surface area contributed by atoms with Gasteiger partial charge in [0.05, 0.1) is 0 Å². The number of nitrogens with one attached hydrogen (secondary N) is 1. The molecule has 0 radical (unpaired) electrons. The Balaban J connectivity index is 1.29. The third-order valence-corrected chi connectivity index (χ3v) is 6.32. The van der Waals surface area contributed by atoms with Crippen LogP contribution in [0.15, 0.2) is 60.7 Å². The SMILES string of the molecule is CCN1CCN(CCCCNC(=O)Cn2c(-c3ccccc3)cc3ccccc32)CC1. The molecule has 0 atom stereocenters. The molecule has 1 aliphatic rings. The molecule has 1 amide bonds. The third kappa shape index (κ3) is 5.54. The van der Waals surface area contributed by atoms with E-state index in [0.29, 0.717) is 6.54 Å². The minimum Gasteiger partial charge on any atom is -0.355 e. The molecule has 0 unspecified atom stereocenters. The number of carbonyl (C=O) groups is 1. The van der Waals surface area contributed by atoms with Crippen molar-refractivity contribution in [3.63, 3.8) is 0 Å². The predicted molar refractivity (Wildman–Crippen MR) is 128 cm³/mol. The summed E-state index contributed by atoms with van der Waals surface area (Å²) < 4.78 is 2.13. The Morgan fingerprint density at radius 3 is 2.39 bits per heavy atom. The minimum absolute atomic E-state index is 0.0788. The maximum atomic E-state index is 12.7. The molecule has 5 nitrogen and oxygen atoms in total. The van der Waals surface area contributed by atoms with Crippen LogP contribution in [0.25, 0.3) is 22.2 Å². The highest BCUT2D eigenvalue weighted by Crippen LogP contribution is 2.28. The van der Waals surface area contributed by atoms with E-state index in [0.717, 1.165) is 54.6 Å². The molecule has 2 heterocycles. The smallest absolute Gasteiger partial charge is 0.239 e. The van der Waals surface area contributed by atoms with Crippen LogP contribution in [0.2, 0.25) is 0 Å². The van der Waals surface area contributed by atoms with Gasteiger partial charge in [-0.25, -0.2) is 0 Å². The highest BCUT2D eigenvalue weighted by molar-refractivity contribution is 5.89. The molecule has 0 saturated carbocycles. The zero-order chi connectivity index (χ0) is 21.5. The minimum atomic E-state index is 0.0788. The Morgan fingerprint density at radius 2 is 1.61 bits per heavy atom. The molecule has 3 aromatic rings. The number of aromatic nitrogens is 1. The molecule has 31 heavy (non-hydrogen) atoms. The summed E-state index contributed by atoms with van der Waals surface area (Å²) in [7, 11) is 0. The number of rotatable bonds is 9. The standard InChI is InChI=1S/C26H34N4O/c1-2-28-16-18-29(19-17-28)15-9-8-14-27-26(31)21-30-24-13-7-6-12-23(24)20-25(30)22-10-4-3-5-11-22/h3-7,10-13,20H,2,8-9,14-19,21H2,1H3,(H,27,31). The maximum Gasteiger partial charge on any atom is 0.239 e. The Kier molecular flexibility index (Phi) is 7.39.